The van der Waals surface area contributed by atoms with Gasteiger partial charge in [0.2, 0.25) is 0 Å². The molecule has 3 heteroatoms. The van der Waals surface area contributed by atoms with Gasteiger partial charge in [-0.3, -0.25) is 6.08 Å². The molecule has 1 atom stereocenters. The van der Waals surface area contributed by atoms with E-state index in [4.69, 9.17) is 0 Å². The minimum Gasteiger partial charge on any atom is -1.00 e. The molecule has 0 amide bonds. The predicted octanol–water partition coefficient (Wildman–Crippen LogP) is -2.98. The second kappa shape index (κ2) is 8.45. The van der Waals surface area contributed by atoms with Gasteiger partial charge in [-0.25, -0.2) is 6.08 Å². The summed E-state index contributed by atoms with van der Waals surface area (Å²) in [6, 6.07) is 8.52. The van der Waals surface area contributed by atoms with Crippen LogP contribution in [0, 0.1) is 6.08 Å². The summed E-state index contributed by atoms with van der Waals surface area (Å²) in [6.45, 7) is 2.20. The number of fused-ring (bicyclic) bond motifs is 1. The molecule has 2 rings (SSSR count). The van der Waals surface area contributed by atoms with Crippen molar-refractivity contribution in [3.8, 4) is 0 Å². The molecular formula is C11H11I2Zr. The van der Waals surface area contributed by atoms with E-state index in [1.54, 1.807) is 0 Å². The Labute approximate surface area is 139 Å². The van der Waals surface area contributed by atoms with Crippen molar-refractivity contribution in [2.24, 2.45) is 0 Å². The number of benzene rings is 1. The van der Waals surface area contributed by atoms with Gasteiger partial charge in [-0.1, -0.05) is 37.5 Å². The van der Waals surface area contributed by atoms with Gasteiger partial charge in [0.05, 0.1) is 0 Å². The minimum absolute atomic E-state index is 0. The van der Waals surface area contributed by atoms with Gasteiger partial charge >= 0.3 is 26.2 Å². The molecule has 0 bridgehead atoms. The topological polar surface area (TPSA) is 0 Å². The first kappa shape index (κ1) is 17.7. The van der Waals surface area contributed by atoms with Gasteiger partial charge in [0, 0.05) is 0 Å². The van der Waals surface area contributed by atoms with Crippen LogP contribution in [0.3, 0.4) is 0 Å². The third-order valence-corrected chi connectivity index (χ3v) is 2.22. The second-order valence-corrected chi connectivity index (χ2v) is 2.90. The first-order valence-corrected chi connectivity index (χ1v) is 4.10. The molecule has 73 valence electrons. The van der Waals surface area contributed by atoms with Crippen molar-refractivity contribution in [3.05, 3.63) is 41.5 Å². The van der Waals surface area contributed by atoms with Crippen molar-refractivity contribution < 1.29 is 74.2 Å². The molecule has 1 unspecified atom stereocenters. The quantitative estimate of drug-likeness (QED) is 0.293. The van der Waals surface area contributed by atoms with E-state index in [9.17, 15) is 0 Å². The molecule has 0 aliphatic heterocycles. The Balaban J connectivity index is 0. The van der Waals surface area contributed by atoms with Gasteiger partial charge in [0.15, 0.2) is 0 Å². The van der Waals surface area contributed by atoms with Crippen LogP contribution in [0.2, 0.25) is 0 Å². The molecule has 0 aromatic heterocycles. The second-order valence-electron chi connectivity index (χ2n) is 2.90. The van der Waals surface area contributed by atoms with Crippen LogP contribution >= 0.6 is 0 Å². The minimum atomic E-state index is 0. The van der Waals surface area contributed by atoms with E-state index in [1.165, 1.54) is 11.1 Å². The van der Waals surface area contributed by atoms with Crippen molar-refractivity contribution in [2.45, 2.75) is 19.3 Å². The maximum absolute atomic E-state index is 3.35. The van der Waals surface area contributed by atoms with Crippen molar-refractivity contribution in [1.82, 2.24) is 0 Å². The molecule has 1 aliphatic carbocycles. The number of hydrogen-bond acceptors (Lipinski definition) is 0. The van der Waals surface area contributed by atoms with Gasteiger partial charge in [-0.2, -0.15) is 5.56 Å². The summed E-state index contributed by atoms with van der Waals surface area (Å²) in [7, 11) is 0. The number of hydrogen-bond donors (Lipinski definition) is 0. The molecule has 1 radical (unpaired) electrons. The molecule has 0 spiro atoms. The van der Waals surface area contributed by atoms with E-state index in [1.807, 2.05) is 0 Å². The average molecular weight is 488 g/mol. The van der Waals surface area contributed by atoms with Crippen LogP contribution in [0.25, 0.3) is 6.08 Å². The average Bonchev–Trinajstić information content (AvgIpc) is 2.47. The summed E-state index contributed by atoms with van der Waals surface area (Å²) in [4.78, 5) is 0. The maximum Gasteiger partial charge on any atom is 3.00 e. The van der Waals surface area contributed by atoms with E-state index in [-0.39, 0.29) is 74.2 Å². The van der Waals surface area contributed by atoms with Crippen LogP contribution in [0.5, 0.6) is 0 Å². The fourth-order valence-corrected chi connectivity index (χ4v) is 1.58. The third kappa shape index (κ3) is 3.71. The molecule has 1 aromatic carbocycles. The first-order chi connectivity index (χ1) is 5.42. The van der Waals surface area contributed by atoms with Crippen LogP contribution in [0.1, 0.15) is 30.4 Å². The monoisotopic (exact) mass is 487 g/mol. The van der Waals surface area contributed by atoms with Crippen LogP contribution in [0.15, 0.2) is 24.3 Å². The van der Waals surface area contributed by atoms with Gasteiger partial charge in [0.25, 0.3) is 0 Å². The molecule has 0 saturated heterocycles. The predicted molar refractivity (Wildman–Crippen MR) is 47.2 cm³/mol. The molecule has 0 fully saturated rings. The molecular weight excluding hydrogens is 477 g/mol. The van der Waals surface area contributed by atoms with Gasteiger partial charge in [-0.05, 0) is 0 Å². The summed E-state index contributed by atoms with van der Waals surface area (Å²) in [6.07, 6.45) is 6.61. The Bertz CT molecular complexity index is 297. The molecule has 1 aliphatic rings. The van der Waals surface area contributed by atoms with Crippen LogP contribution < -0.4 is 48.0 Å². The zero-order chi connectivity index (χ0) is 7.68. The van der Waals surface area contributed by atoms with Gasteiger partial charge in [0.1, 0.15) is 0 Å². The summed E-state index contributed by atoms with van der Waals surface area (Å²) < 4.78 is 0. The molecule has 0 heterocycles. The fourth-order valence-electron chi connectivity index (χ4n) is 1.58. The Hall–Kier alpha value is 1.30. The van der Waals surface area contributed by atoms with Crippen molar-refractivity contribution in [2.75, 3.05) is 0 Å². The smallest absolute Gasteiger partial charge is 1.00 e. The Kier molecular flexibility index (Phi) is 10.7. The van der Waals surface area contributed by atoms with Crippen LogP contribution in [0.4, 0.5) is 0 Å². The van der Waals surface area contributed by atoms with Crippen LogP contribution in [-0.2, 0) is 26.2 Å². The fraction of sp³-hybridized carbons (Fsp3) is 0.273. The van der Waals surface area contributed by atoms with E-state index < -0.39 is 0 Å². The zero-order valence-corrected chi connectivity index (χ0v) is 14.7. The van der Waals surface area contributed by atoms with E-state index in [2.05, 4.69) is 43.3 Å². The summed E-state index contributed by atoms with van der Waals surface area (Å²) >= 11 is 0. The van der Waals surface area contributed by atoms with Gasteiger partial charge in [-0.15, -0.1) is 11.6 Å². The Morgan fingerprint density at radius 1 is 1.21 bits per heavy atom. The number of rotatable bonds is 1. The van der Waals surface area contributed by atoms with E-state index >= 15 is 0 Å². The molecule has 1 aromatic rings. The molecule has 0 saturated carbocycles. The standard InChI is InChI=1S/C11H11.2HI.Zr/c1-2-9-7-8-10-5-3-4-6-11(9)10;;;/h3-6,8-9H,2H2,1H3;2*1H;/q-1;;;+3/p-2. The number of halogens is 2. The van der Waals surface area contributed by atoms with E-state index in [0.717, 1.165) is 6.42 Å². The SMILES string of the molecule is CCC1[C-]=Cc2ccccc21.[I-].[I-].[Zr+3]. The van der Waals surface area contributed by atoms with E-state index in [0.29, 0.717) is 5.92 Å². The molecule has 0 nitrogen and oxygen atoms in total. The largest absolute Gasteiger partial charge is 3.00 e. The first-order valence-electron chi connectivity index (χ1n) is 4.10. The summed E-state index contributed by atoms with van der Waals surface area (Å²) in [5.41, 5.74) is 2.79. The Morgan fingerprint density at radius 2 is 1.86 bits per heavy atom. The summed E-state index contributed by atoms with van der Waals surface area (Å²) in [5, 5.41) is 0. The van der Waals surface area contributed by atoms with Crippen molar-refractivity contribution in [3.63, 3.8) is 0 Å². The Morgan fingerprint density at radius 3 is 2.50 bits per heavy atom. The summed E-state index contributed by atoms with van der Waals surface area (Å²) in [5.74, 6) is 0.547. The maximum atomic E-state index is 3.35. The third-order valence-electron chi connectivity index (χ3n) is 2.22. The van der Waals surface area contributed by atoms with Crippen LogP contribution in [-0.4, -0.2) is 0 Å². The van der Waals surface area contributed by atoms with Crippen molar-refractivity contribution in [1.29, 1.82) is 0 Å². The number of allylic oxidation sites excluding steroid dienone is 1. The normalized spacial score (nSPS) is 15.9. The van der Waals surface area contributed by atoms with Gasteiger partial charge < -0.3 is 48.0 Å². The molecule has 0 N–H and O–H groups in total. The molecule has 14 heavy (non-hydrogen) atoms. The van der Waals surface area contributed by atoms with Crippen molar-refractivity contribution >= 4 is 6.08 Å². The zero-order valence-electron chi connectivity index (χ0n) is 7.93.